The SMILES string of the molecule is COc1ccc(C(=O)Nc2cc(F)c(Br)cc2F)c(N)c1. The second-order valence-electron chi connectivity index (χ2n) is 4.15. The maximum absolute atomic E-state index is 13.7. The normalized spacial score (nSPS) is 10.3. The number of anilines is 2. The van der Waals surface area contributed by atoms with Gasteiger partial charge >= 0.3 is 0 Å². The Bertz CT molecular complexity index is 708. The molecule has 2 aromatic rings. The van der Waals surface area contributed by atoms with Crippen molar-refractivity contribution in [3.05, 3.63) is 52.0 Å². The molecule has 21 heavy (non-hydrogen) atoms. The van der Waals surface area contributed by atoms with Crippen LogP contribution in [-0.2, 0) is 0 Å². The van der Waals surface area contributed by atoms with E-state index < -0.39 is 17.5 Å². The van der Waals surface area contributed by atoms with E-state index in [0.29, 0.717) is 5.75 Å². The zero-order valence-corrected chi connectivity index (χ0v) is 12.5. The average molecular weight is 357 g/mol. The molecule has 0 fully saturated rings. The van der Waals surface area contributed by atoms with Crippen molar-refractivity contribution < 1.29 is 18.3 Å². The van der Waals surface area contributed by atoms with Crippen LogP contribution in [0.3, 0.4) is 0 Å². The lowest BCUT2D eigenvalue weighted by Gasteiger charge is -2.10. The molecule has 0 heterocycles. The highest BCUT2D eigenvalue weighted by Crippen LogP contribution is 2.25. The first-order chi connectivity index (χ1) is 9.92. The highest BCUT2D eigenvalue weighted by atomic mass is 79.9. The minimum atomic E-state index is -0.760. The van der Waals surface area contributed by atoms with Crippen molar-refractivity contribution in [1.29, 1.82) is 0 Å². The van der Waals surface area contributed by atoms with Gasteiger partial charge in [0.05, 0.1) is 22.8 Å². The van der Waals surface area contributed by atoms with Crippen LogP contribution in [0.4, 0.5) is 20.2 Å². The fraction of sp³-hybridized carbons (Fsp3) is 0.0714. The van der Waals surface area contributed by atoms with Crippen LogP contribution in [0.2, 0.25) is 0 Å². The Morgan fingerprint density at radius 3 is 2.57 bits per heavy atom. The second kappa shape index (κ2) is 6.09. The van der Waals surface area contributed by atoms with Crippen LogP contribution in [0.5, 0.6) is 5.75 Å². The summed E-state index contributed by atoms with van der Waals surface area (Å²) >= 11 is 2.86. The summed E-state index contributed by atoms with van der Waals surface area (Å²) in [6.45, 7) is 0. The van der Waals surface area contributed by atoms with Crippen molar-refractivity contribution in [2.75, 3.05) is 18.2 Å². The number of carbonyl (C=O) groups is 1. The van der Waals surface area contributed by atoms with Gasteiger partial charge in [-0.3, -0.25) is 4.79 Å². The maximum atomic E-state index is 13.7. The standard InChI is InChI=1S/C14H11BrF2N2O2/c1-21-7-2-3-8(12(18)4-7)14(20)19-13-6-10(16)9(15)5-11(13)17/h2-6H,18H2,1H3,(H,19,20). The minimum Gasteiger partial charge on any atom is -0.497 e. The van der Waals surface area contributed by atoms with E-state index in [4.69, 9.17) is 10.5 Å². The average Bonchev–Trinajstić information content (AvgIpc) is 2.44. The van der Waals surface area contributed by atoms with Crippen LogP contribution in [0.1, 0.15) is 10.4 Å². The van der Waals surface area contributed by atoms with Crippen molar-refractivity contribution in [2.24, 2.45) is 0 Å². The van der Waals surface area contributed by atoms with Crippen molar-refractivity contribution in [3.63, 3.8) is 0 Å². The van der Waals surface area contributed by atoms with E-state index in [0.717, 1.165) is 12.1 Å². The van der Waals surface area contributed by atoms with Crippen LogP contribution >= 0.6 is 15.9 Å². The predicted molar refractivity (Wildman–Crippen MR) is 79.4 cm³/mol. The van der Waals surface area contributed by atoms with Crippen molar-refractivity contribution in [1.82, 2.24) is 0 Å². The molecule has 2 aromatic carbocycles. The lowest BCUT2D eigenvalue weighted by molar-refractivity contribution is 0.102. The molecule has 3 N–H and O–H groups in total. The van der Waals surface area contributed by atoms with Crippen LogP contribution in [0.15, 0.2) is 34.8 Å². The summed E-state index contributed by atoms with van der Waals surface area (Å²) in [4.78, 5) is 12.1. The number of nitrogens with one attached hydrogen (secondary N) is 1. The highest BCUT2D eigenvalue weighted by Gasteiger charge is 2.15. The van der Waals surface area contributed by atoms with Gasteiger partial charge in [0, 0.05) is 17.8 Å². The molecular weight excluding hydrogens is 346 g/mol. The number of ether oxygens (including phenoxy) is 1. The van der Waals surface area contributed by atoms with E-state index in [1.165, 1.54) is 19.2 Å². The molecule has 0 unspecified atom stereocenters. The van der Waals surface area contributed by atoms with Crippen LogP contribution in [0, 0.1) is 11.6 Å². The molecule has 4 nitrogen and oxygen atoms in total. The Labute approximate surface area is 128 Å². The summed E-state index contributed by atoms with van der Waals surface area (Å²) in [6, 6.07) is 6.27. The Balaban J connectivity index is 2.28. The molecule has 0 radical (unpaired) electrons. The lowest BCUT2D eigenvalue weighted by Crippen LogP contribution is -2.15. The quantitative estimate of drug-likeness (QED) is 0.652. The van der Waals surface area contributed by atoms with Crippen molar-refractivity contribution in [3.8, 4) is 5.75 Å². The van der Waals surface area contributed by atoms with Crippen molar-refractivity contribution in [2.45, 2.75) is 0 Å². The number of nitrogen functional groups attached to an aromatic ring is 1. The summed E-state index contributed by atoms with van der Waals surface area (Å²) < 4.78 is 32.0. The number of methoxy groups -OCH3 is 1. The Morgan fingerprint density at radius 1 is 1.24 bits per heavy atom. The molecule has 0 aromatic heterocycles. The molecular formula is C14H11BrF2N2O2. The zero-order chi connectivity index (χ0) is 15.6. The first-order valence-electron chi connectivity index (χ1n) is 5.81. The number of amides is 1. The van der Waals surface area contributed by atoms with Gasteiger partial charge in [0.25, 0.3) is 5.91 Å². The molecule has 0 bridgehead atoms. The third-order valence-corrected chi connectivity index (χ3v) is 3.37. The first kappa shape index (κ1) is 15.2. The van der Waals surface area contributed by atoms with Crippen LogP contribution in [-0.4, -0.2) is 13.0 Å². The molecule has 0 saturated carbocycles. The van der Waals surface area contributed by atoms with Gasteiger partial charge in [-0.25, -0.2) is 8.78 Å². The molecule has 0 atom stereocenters. The summed E-state index contributed by atoms with van der Waals surface area (Å²) in [5.41, 5.74) is 5.77. The second-order valence-corrected chi connectivity index (χ2v) is 5.01. The van der Waals surface area contributed by atoms with Gasteiger partial charge in [-0.2, -0.15) is 0 Å². The number of halogens is 3. The number of carbonyl (C=O) groups excluding carboxylic acids is 1. The lowest BCUT2D eigenvalue weighted by atomic mass is 10.1. The molecule has 0 saturated heterocycles. The van der Waals surface area contributed by atoms with Crippen LogP contribution < -0.4 is 15.8 Å². The molecule has 110 valence electrons. The molecule has 7 heteroatoms. The third kappa shape index (κ3) is 3.30. The highest BCUT2D eigenvalue weighted by molar-refractivity contribution is 9.10. The van der Waals surface area contributed by atoms with Gasteiger partial charge in [-0.15, -0.1) is 0 Å². The van der Waals surface area contributed by atoms with E-state index >= 15 is 0 Å². The Morgan fingerprint density at radius 2 is 1.95 bits per heavy atom. The van der Waals surface area contributed by atoms with Gasteiger partial charge in [0.1, 0.15) is 17.4 Å². The molecule has 2 rings (SSSR count). The van der Waals surface area contributed by atoms with E-state index in [1.54, 1.807) is 6.07 Å². The van der Waals surface area contributed by atoms with Gasteiger partial charge in [-0.05, 0) is 34.1 Å². The smallest absolute Gasteiger partial charge is 0.257 e. The Hall–Kier alpha value is -2.15. The molecule has 0 aliphatic heterocycles. The van der Waals surface area contributed by atoms with Crippen LogP contribution in [0.25, 0.3) is 0 Å². The number of nitrogens with two attached hydrogens (primary N) is 1. The molecule has 1 amide bonds. The van der Waals surface area contributed by atoms with Gasteiger partial charge in [0.15, 0.2) is 0 Å². The summed E-state index contributed by atoms with van der Waals surface area (Å²) in [5.74, 6) is -1.60. The fourth-order valence-electron chi connectivity index (χ4n) is 1.68. The molecule has 0 aliphatic carbocycles. The minimum absolute atomic E-state index is 0.0260. The number of hydrogen-bond donors (Lipinski definition) is 2. The summed E-state index contributed by atoms with van der Waals surface area (Å²) in [6.07, 6.45) is 0. The van der Waals surface area contributed by atoms with Gasteiger partial charge in [-0.1, -0.05) is 0 Å². The Kier molecular flexibility index (Phi) is 4.42. The summed E-state index contributed by atoms with van der Waals surface area (Å²) in [7, 11) is 1.47. The topological polar surface area (TPSA) is 64.3 Å². The number of rotatable bonds is 3. The predicted octanol–water partition coefficient (Wildman–Crippen LogP) is 3.57. The molecule has 0 aliphatic rings. The number of benzene rings is 2. The van der Waals surface area contributed by atoms with E-state index in [2.05, 4.69) is 21.2 Å². The number of hydrogen-bond acceptors (Lipinski definition) is 3. The molecule has 0 spiro atoms. The largest absolute Gasteiger partial charge is 0.497 e. The zero-order valence-electron chi connectivity index (χ0n) is 10.9. The maximum Gasteiger partial charge on any atom is 0.257 e. The van der Waals surface area contributed by atoms with Crippen molar-refractivity contribution >= 4 is 33.2 Å². The van der Waals surface area contributed by atoms with Gasteiger partial charge in [0.2, 0.25) is 0 Å². The van der Waals surface area contributed by atoms with E-state index in [-0.39, 0.29) is 21.4 Å². The third-order valence-electron chi connectivity index (χ3n) is 2.76. The first-order valence-corrected chi connectivity index (χ1v) is 6.61. The van der Waals surface area contributed by atoms with E-state index in [1.807, 2.05) is 0 Å². The van der Waals surface area contributed by atoms with Gasteiger partial charge < -0.3 is 15.8 Å². The van der Waals surface area contributed by atoms with E-state index in [9.17, 15) is 13.6 Å². The summed E-state index contributed by atoms with van der Waals surface area (Å²) in [5, 5.41) is 2.28. The monoisotopic (exact) mass is 356 g/mol. The fourth-order valence-corrected chi connectivity index (χ4v) is 2.00.